The number of fused-ring (bicyclic) bond motifs is 5. The highest BCUT2D eigenvalue weighted by Crippen LogP contribution is 2.69. The quantitative estimate of drug-likeness (QED) is 0.524. The van der Waals surface area contributed by atoms with Crippen molar-refractivity contribution in [1.29, 1.82) is 0 Å². The van der Waals surface area contributed by atoms with Gasteiger partial charge in [-0.2, -0.15) is 0 Å². The minimum atomic E-state index is -1.15. The molecule has 0 bridgehead atoms. The molecule has 0 saturated heterocycles. The lowest BCUT2D eigenvalue weighted by atomic mass is 9.46. The molecule has 5 nitrogen and oxygen atoms in total. The maximum Gasteiger partial charge on any atom is 0.303 e. The lowest BCUT2D eigenvalue weighted by Gasteiger charge is -2.58. The molecule has 1 N–H and O–H groups in total. The predicted octanol–water partition coefficient (Wildman–Crippen LogP) is 4.06. The van der Waals surface area contributed by atoms with E-state index in [4.69, 9.17) is 16.3 Å². The lowest BCUT2D eigenvalue weighted by molar-refractivity contribution is -0.185. The SMILES string of the molecule is C=C1C(=C)[C@@]2(CO)C(=CC1=O)C(Cl)=C[C@@H]1[C@@H]2CC[C@@]2(C)[C@H]1CC[C@]2(OC(C)=O)C(C)=O. The largest absolute Gasteiger partial charge is 0.451 e. The second-order valence-electron chi connectivity index (χ2n) is 9.79. The molecule has 2 saturated carbocycles. The number of carbonyl (C=O) groups is 3. The van der Waals surface area contributed by atoms with Gasteiger partial charge >= 0.3 is 5.97 Å². The molecular weight excluding hydrogens is 416 g/mol. The van der Waals surface area contributed by atoms with Gasteiger partial charge < -0.3 is 9.84 Å². The topological polar surface area (TPSA) is 80.7 Å². The van der Waals surface area contributed by atoms with Crippen LogP contribution in [-0.4, -0.2) is 34.9 Å². The summed E-state index contributed by atoms with van der Waals surface area (Å²) in [5.74, 6) is -0.876. The van der Waals surface area contributed by atoms with Crippen LogP contribution in [0.3, 0.4) is 0 Å². The van der Waals surface area contributed by atoms with Gasteiger partial charge in [-0.1, -0.05) is 37.8 Å². The van der Waals surface area contributed by atoms with Crippen molar-refractivity contribution in [3.05, 3.63) is 47.1 Å². The molecule has 0 aromatic heterocycles. The summed E-state index contributed by atoms with van der Waals surface area (Å²) in [6.45, 7) is 12.7. The van der Waals surface area contributed by atoms with Gasteiger partial charge in [0, 0.05) is 28.4 Å². The van der Waals surface area contributed by atoms with Gasteiger partial charge in [0.25, 0.3) is 0 Å². The van der Waals surface area contributed by atoms with Gasteiger partial charge in [0.1, 0.15) is 0 Å². The van der Waals surface area contributed by atoms with E-state index in [1.165, 1.54) is 19.9 Å². The van der Waals surface area contributed by atoms with Crippen LogP contribution >= 0.6 is 11.6 Å². The number of hydrogen-bond acceptors (Lipinski definition) is 5. The first-order valence-electron chi connectivity index (χ1n) is 10.8. The lowest BCUT2D eigenvalue weighted by Crippen LogP contribution is -2.59. The summed E-state index contributed by atoms with van der Waals surface area (Å²) in [5, 5.41) is 11.1. The zero-order valence-electron chi connectivity index (χ0n) is 18.3. The average Bonchev–Trinajstić information content (AvgIpc) is 3.00. The number of allylic oxidation sites excluding steroid dienone is 4. The number of halogens is 1. The minimum absolute atomic E-state index is 0.0342. The Morgan fingerprint density at radius 3 is 2.45 bits per heavy atom. The number of esters is 1. The molecule has 4 rings (SSSR count). The van der Waals surface area contributed by atoms with Crippen LogP contribution in [0.5, 0.6) is 0 Å². The number of rotatable bonds is 3. The van der Waals surface area contributed by atoms with Crippen LogP contribution < -0.4 is 0 Å². The molecule has 6 heteroatoms. The fraction of sp³-hybridized carbons (Fsp3) is 0.560. The van der Waals surface area contributed by atoms with Gasteiger partial charge in [-0.05, 0) is 67.6 Å². The summed E-state index contributed by atoms with van der Waals surface area (Å²) in [5.41, 5.74) is -1.12. The third kappa shape index (κ3) is 2.62. The van der Waals surface area contributed by atoms with E-state index in [1.807, 2.05) is 13.0 Å². The van der Waals surface area contributed by atoms with Gasteiger partial charge in [-0.25, -0.2) is 0 Å². The molecule has 0 spiro atoms. The third-order valence-electron chi connectivity index (χ3n) is 8.77. The Kier molecular flexibility index (Phi) is 5.03. The van der Waals surface area contributed by atoms with E-state index in [0.29, 0.717) is 47.4 Å². The zero-order valence-corrected chi connectivity index (χ0v) is 19.1. The summed E-state index contributed by atoms with van der Waals surface area (Å²) in [6.07, 6.45) is 5.97. The first-order chi connectivity index (χ1) is 14.5. The normalized spacial score (nSPS) is 41.6. The second kappa shape index (κ2) is 7.01. The summed E-state index contributed by atoms with van der Waals surface area (Å²) in [4.78, 5) is 37.2. The van der Waals surface area contributed by atoms with Crippen molar-refractivity contribution < 1.29 is 24.2 Å². The molecule has 0 heterocycles. The Balaban J connectivity index is 1.87. The fourth-order valence-corrected chi connectivity index (χ4v) is 7.62. The van der Waals surface area contributed by atoms with Crippen molar-refractivity contribution in [3.63, 3.8) is 0 Å². The monoisotopic (exact) mass is 444 g/mol. The molecule has 4 aliphatic carbocycles. The van der Waals surface area contributed by atoms with E-state index in [0.717, 1.165) is 0 Å². The first kappa shape index (κ1) is 22.2. The van der Waals surface area contributed by atoms with E-state index in [9.17, 15) is 19.5 Å². The number of aliphatic hydroxyl groups is 1. The van der Waals surface area contributed by atoms with Crippen molar-refractivity contribution in [2.45, 2.75) is 52.1 Å². The van der Waals surface area contributed by atoms with Gasteiger partial charge in [-0.15, -0.1) is 0 Å². The number of ketones is 2. The Morgan fingerprint density at radius 2 is 1.87 bits per heavy atom. The molecule has 0 amide bonds. The standard InChI is InChI=1S/C25H29ClO5/c1-13-14(2)24(12-27)19-6-8-23(5)18(7-9-25(23,15(3)28)31-16(4)29)17(19)10-21(26)20(24)11-22(13)30/h10-11,17-19,27H,1-2,6-9,12H2,3-5H3/t17-,18-,19-,23-,24+,25-/m0/s1. The van der Waals surface area contributed by atoms with Crippen LogP contribution in [0.2, 0.25) is 0 Å². The molecule has 4 aliphatic rings. The number of carbonyl (C=O) groups excluding carboxylic acids is 3. The second-order valence-corrected chi connectivity index (χ2v) is 10.2. The van der Waals surface area contributed by atoms with Crippen LogP contribution in [0.4, 0.5) is 0 Å². The molecule has 166 valence electrons. The van der Waals surface area contributed by atoms with Crippen LogP contribution in [0.1, 0.15) is 46.5 Å². The van der Waals surface area contributed by atoms with E-state index < -0.39 is 22.4 Å². The Bertz CT molecular complexity index is 990. The molecule has 2 fully saturated rings. The molecule has 0 aliphatic heterocycles. The predicted molar refractivity (Wildman–Crippen MR) is 117 cm³/mol. The van der Waals surface area contributed by atoms with Crippen molar-refractivity contribution >= 4 is 29.1 Å². The smallest absolute Gasteiger partial charge is 0.303 e. The zero-order chi connectivity index (χ0) is 22.9. The molecule has 0 aromatic carbocycles. The van der Waals surface area contributed by atoms with Crippen LogP contribution in [0.25, 0.3) is 0 Å². The summed E-state index contributed by atoms with van der Waals surface area (Å²) < 4.78 is 5.77. The Labute approximate surface area is 187 Å². The summed E-state index contributed by atoms with van der Waals surface area (Å²) in [7, 11) is 0. The highest BCUT2D eigenvalue weighted by molar-refractivity contribution is 6.33. The molecular formula is C25H29ClO5. The fourth-order valence-electron chi connectivity index (χ4n) is 7.26. The van der Waals surface area contributed by atoms with Crippen molar-refractivity contribution in [3.8, 4) is 0 Å². The van der Waals surface area contributed by atoms with E-state index >= 15 is 0 Å². The van der Waals surface area contributed by atoms with Gasteiger partial charge in [0.05, 0.1) is 6.61 Å². The Morgan fingerprint density at radius 1 is 1.23 bits per heavy atom. The van der Waals surface area contributed by atoms with Crippen molar-refractivity contribution in [2.24, 2.45) is 28.6 Å². The number of hydrogen-bond donors (Lipinski definition) is 1. The van der Waals surface area contributed by atoms with Crippen LogP contribution in [0, 0.1) is 28.6 Å². The van der Waals surface area contributed by atoms with Gasteiger partial charge in [0.2, 0.25) is 0 Å². The summed E-state index contributed by atoms with van der Waals surface area (Å²) in [6, 6.07) is 0. The molecule has 0 radical (unpaired) electrons. The maximum atomic E-state index is 12.8. The maximum absolute atomic E-state index is 12.8. The molecule has 0 unspecified atom stereocenters. The van der Waals surface area contributed by atoms with E-state index in [2.05, 4.69) is 13.2 Å². The third-order valence-corrected chi connectivity index (χ3v) is 9.10. The highest BCUT2D eigenvalue weighted by atomic mass is 35.5. The van der Waals surface area contributed by atoms with Crippen molar-refractivity contribution in [1.82, 2.24) is 0 Å². The number of aliphatic hydroxyl groups excluding tert-OH is 1. The molecule has 6 atom stereocenters. The Hall–Kier alpha value is -1.98. The van der Waals surface area contributed by atoms with E-state index in [1.54, 1.807) is 0 Å². The average molecular weight is 445 g/mol. The number of Topliss-reactive ketones (excluding diaryl/α,β-unsaturated/α-hetero) is 1. The van der Waals surface area contributed by atoms with Crippen LogP contribution in [0.15, 0.2) is 47.1 Å². The van der Waals surface area contributed by atoms with Crippen molar-refractivity contribution in [2.75, 3.05) is 6.61 Å². The molecule has 31 heavy (non-hydrogen) atoms. The molecule has 0 aromatic rings. The summed E-state index contributed by atoms with van der Waals surface area (Å²) >= 11 is 6.72. The minimum Gasteiger partial charge on any atom is -0.451 e. The highest BCUT2D eigenvalue weighted by Gasteiger charge is 2.68. The number of ether oxygens (including phenoxy) is 1. The van der Waals surface area contributed by atoms with Gasteiger partial charge in [0.15, 0.2) is 17.2 Å². The first-order valence-corrected chi connectivity index (χ1v) is 11.2. The van der Waals surface area contributed by atoms with Gasteiger partial charge in [-0.3, -0.25) is 14.4 Å². The van der Waals surface area contributed by atoms with E-state index in [-0.39, 0.29) is 35.9 Å². The van der Waals surface area contributed by atoms with Crippen LogP contribution in [-0.2, 0) is 19.1 Å².